The summed E-state index contributed by atoms with van der Waals surface area (Å²) in [6.45, 7) is 0. The number of aromatic hydroxyl groups is 1. The number of hydrogen-bond donors (Lipinski definition) is 2. The van der Waals surface area contributed by atoms with Crippen molar-refractivity contribution in [1.29, 1.82) is 0 Å². The van der Waals surface area contributed by atoms with Gasteiger partial charge in [0.2, 0.25) is 0 Å². The van der Waals surface area contributed by atoms with E-state index in [9.17, 15) is 9.90 Å². The number of fused-ring (bicyclic) bond motifs is 1. The normalized spacial score (nSPS) is 11.4. The van der Waals surface area contributed by atoms with Gasteiger partial charge >= 0.3 is 0 Å². The molecule has 2 aliphatic rings. The molecule has 0 bridgehead atoms. The Bertz CT molecular complexity index is 1400. The largest absolute Gasteiger partial charge is 0.508 e. The number of rotatable bonds is 5. The van der Waals surface area contributed by atoms with Crippen LogP contribution in [0.25, 0.3) is 29.4 Å². The minimum atomic E-state index is -0.144. The van der Waals surface area contributed by atoms with Gasteiger partial charge < -0.3 is 10.1 Å². The van der Waals surface area contributed by atoms with Crippen LogP contribution in [-0.2, 0) is 6.42 Å². The Hall–Kier alpha value is -4.45. The van der Waals surface area contributed by atoms with E-state index in [1.807, 2.05) is 72.8 Å². The molecule has 0 saturated carbocycles. The quantitative estimate of drug-likeness (QED) is 0.438. The zero-order valence-corrected chi connectivity index (χ0v) is 17.1. The molecule has 0 fully saturated rings. The number of aromatic amines is 1. The molecule has 3 heterocycles. The van der Waals surface area contributed by atoms with Crippen LogP contribution >= 0.6 is 0 Å². The van der Waals surface area contributed by atoms with Gasteiger partial charge in [-0.25, -0.2) is 4.98 Å². The van der Waals surface area contributed by atoms with Crippen molar-refractivity contribution in [1.82, 2.24) is 19.5 Å². The number of nitrogens with one attached hydrogen (secondary N) is 1. The minimum absolute atomic E-state index is 0.144. The third-order valence-corrected chi connectivity index (χ3v) is 5.18. The summed E-state index contributed by atoms with van der Waals surface area (Å²) in [5.41, 5.74) is 4.41. The van der Waals surface area contributed by atoms with Gasteiger partial charge in [-0.15, -0.1) is 0 Å². The van der Waals surface area contributed by atoms with Crippen molar-refractivity contribution in [3.63, 3.8) is 0 Å². The molecular formula is C26H20N4O2. The van der Waals surface area contributed by atoms with E-state index < -0.39 is 0 Å². The molecule has 0 unspecified atom stereocenters. The van der Waals surface area contributed by atoms with E-state index in [1.54, 1.807) is 29.1 Å². The lowest BCUT2D eigenvalue weighted by Crippen LogP contribution is -2.17. The average molecular weight is 420 g/mol. The van der Waals surface area contributed by atoms with Crippen LogP contribution in [0, 0.1) is 0 Å². The van der Waals surface area contributed by atoms with Crippen molar-refractivity contribution in [2.24, 2.45) is 0 Å². The fraction of sp³-hybridized carbons (Fsp3) is 0.0385. The van der Waals surface area contributed by atoms with E-state index in [0.717, 1.165) is 16.8 Å². The lowest BCUT2D eigenvalue weighted by Gasteiger charge is -2.10. The van der Waals surface area contributed by atoms with Crippen molar-refractivity contribution < 1.29 is 5.11 Å². The molecule has 32 heavy (non-hydrogen) atoms. The highest BCUT2D eigenvalue weighted by molar-refractivity contribution is 5.71. The van der Waals surface area contributed by atoms with Gasteiger partial charge in [0.1, 0.15) is 17.1 Å². The SMILES string of the molecule is O=c1c(Cc2ccccc2)nc2c(-c3ccccn3)[nH]c(C=Cc3ccc(O)cc3)cn1-2. The first-order chi connectivity index (χ1) is 15.7. The number of aromatic nitrogens is 4. The second kappa shape index (κ2) is 8.35. The zero-order valence-electron chi connectivity index (χ0n) is 17.1. The Morgan fingerprint density at radius 3 is 2.47 bits per heavy atom. The lowest BCUT2D eigenvalue weighted by atomic mass is 10.1. The summed E-state index contributed by atoms with van der Waals surface area (Å²) in [5, 5.41) is 9.48. The fourth-order valence-corrected chi connectivity index (χ4v) is 3.58. The topological polar surface area (TPSA) is 83.8 Å². The number of H-pyrrole nitrogens is 1. The summed E-state index contributed by atoms with van der Waals surface area (Å²) in [6.07, 6.45) is 7.72. The van der Waals surface area contributed by atoms with E-state index in [2.05, 4.69) is 15.0 Å². The van der Waals surface area contributed by atoms with E-state index in [0.29, 0.717) is 29.3 Å². The van der Waals surface area contributed by atoms with Gasteiger partial charge in [0, 0.05) is 18.8 Å². The Morgan fingerprint density at radius 2 is 1.72 bits per heavy atom. The van der Waals surface area contributed by atoms with Crippen molar-refractivity contribution >= 4 is 12.2 Å². The smallest absolute Gasteiger partial charge is 0.278 e. The lowest BCUT2D eigenvalue weighted by molar-refractivity contribution is 0.475. The molecule has 156 valence electrons. The molecule has 1 aromatic heterocycles. The highest BCUT2D eigenvalue weighted by atomic mass is 16.3. The molecule has 0 radical (unpaired) electrons. The molecular weight excluding hydrogens is 400 g/mol. The van der Waals surface area contributed by atoms with Crippen molar-refractivity contribution in [2.75, 3.05) is 0 Å². The van der Waals surface area contributed by atoms with Crippen LogP contribution in [-0.4, -0.2) is 24.6 Å². The molecule has 5 rings (SSSR count). The standard InChI is InChI=1S/C26H20N4O2/c31-21-13-10-18(11-14-21)9-12-20-17-30-25(24(28-20)22-8-4-5-15-27-22)29-23(26(30)32)16-19-6-2-1-3-7-19/h1-15,17,28,31H,16H2. The predicted octanol–water partition coefficient (Wildman–Crippen LogP) is 4.53. The van der Waals surface area contributed by atoms with Crippen molar-refractivity contribution in [2.45, 2.75) is 6.42 Å². The van der Waals surface area contributed by atoms with Crippen LogP contribution in [0.1, 0.15) is 22.5 Å². The van der Waals surface area contributed by atoms with Gasteiger partial charge in [0.15, 0.2) is 5.82 Å². The summed E-state index contributed by atoms with van der Waals surface area (Å²) in [7, 11) is 0. The molecule has 0 aliphatic carbocycles. The van der Waals surface area contributed by atoms with E-state index in [4.69, 9.17) is 0 Å². The number of pyridine rings is 1. The maximum absolute atomic E-state index is 13.2. The monoisotopic (exact) mass is 420 g/mol. The van der Waals surface area contributed by atoms with Crippen LogP contribution in [0.4, 0.5) is 0 Å². The van der Waals surface area contributed by atoms with Gasteiger partial charge in [-0.05, 0) is 41.5 Å². The van der Waals surface area contributed by atoms with Crippen molar-refractivity contribution in [3.8, 4) is 23.0 Å². The second-order valence-corrected chi connectivity index (χ2v) is 7.44. The molecule has 3 aromatic rings. The average Bonchev–Trinajstić information content (AvgIpc) is 3.14. The van der Waals surface area contributed by atoms with E-state index >= 15 is 0 Å². The summed E-state index contributed by atoms with van der Waals surface area (Å²) in [4.78, 5) is 25.7. The molecule has 2 aromatic carbocycles. The molecule has 6 heteroatoms. The summed E-state index contributed by atoms with van der Waals surface area (Å²) in [6, 6.07) is 22.4. The Kier molecular flexibility index (Phi) is 5.09. The predicted molar refractivity (Wildman–Crippen MR) is 125 cm³/mol. The number of phenols is 1. The molecule has 2 aliphatic heterocycles. The molecule has 0 saturated heterocycles. The van der Waals surface area contributed by atoms with Crippen LogP contribution in [0.5, 0.6) is 5.75 Å². The van der Waals surface area contributed by atoms with Crippen molar-refractivity contribution in [3.05, 3.63) is 118 Å². The number of hydrogen-bond acceptors (Lipinski definition) is 4. The minimum Gasteiger partial charge on any atom is -0.508 e. The van der Waals surface area contributed by atoms with Gasteiger partial charge in [0.05, 0.1) is 11.4 Å². The molecule has 0 atom stereocenters. The second-order valence-electron chi connectivity index (χ2n) is 7.44. The van der Waals surface area contributed by atoms with E-state index in [1.165, 1.54) is 0 Å². The van der Waals surface area contributed by atoms with Crippen LogP contribution in [0.15, 0.2) is 90.0 Å². The number of phenolic OH excluding ortho intramolecular Hbond substituents is 1. The van der Waals surface area contributed by atoms with Gasteiger partial charge in [-0.1, -0.05) is 54.6 Å². The summed E-state index contributed by atoms with van der Waals surface area (Å²) >= 11 is 0. The maximum Gasteiger partial charge on any atom is 0.278 e. The third kappa shape index (κ3) is 3.94. The van der Waals surface area contributed by atoms with Gasteiger partial charge in [-0.2, -0.15) is 0 Å². The Balaban J connectivity index is 1.62. The Morgan fingerprint density at radius 1 is 0.938 bits per heavy atom. The number of nitrogens with zero attached hydrogens (tertiary/aromatic N) is 3. The first-order valence-corrected chi connectivity index (χ1v) is 10.2. The third-order valence-electron chi connectivity index (χ3n) is 5.18. The number of imidazole rings is 1. The first-order valence-electron chi connectivity index (χ1n) is 10.2. The highest BCUT2D eigenvalue weighted by Gasteiger charge is 2.20. The summed E-state index contributed by atoms with van der Waals surface area (Å²) < 4.78 is 1.58. The zero-order chi connectivity index (χ0) is 21.9. The van der Waals surface area contributed by atoms with Gasteiger partial charge in [-0.3, -0.25) is 14.3 Å². The first kappa shape index (κ1) is 19.5. The molecule has 0 spiro atoms. The highest BCUT2D eigenvalue weighted by Crippen LogP contribution is 2.24. The van der Waals surface area contributed by atoms with Crippen LogP contribution in [0.3, 0.4) is 0 Å². The molecule has 0 amide bonds. The fourth-order valence-electron chi connectivity index (χ4n) is 3.58. The van der Waals surface area contributed by atoms with Crippen LogP contribution in [0.2, 0.25) is 0 Å². The summed E-state index contributed by atoms with van der Waals surface area (Å²) in [5.74, 6) is 0.759. The number of benzene rings is 2. The molecule has 6 nitrogen and oxygen atoms in total. The molecule has 2 N–H and O–H groups in total. The van der Waals surface area contributed by atoms with Crippen LogP contribution < -0.4 is 5.56 Å². The van der Waals surface area contributed by atoms with E-state index in [-0.39, 0.29) is 11.3 Å². The van der Waals surface area contributed by atoms with Gasteiger partial charge in [0.25, 0.3) is 5.56 Å². The Labute approximate surface area is 184 Å². The maximum atomic E-state index is 13.2.